The Hall–Kier alpha value is -2.15. The largest absolute Gasteiger partial charge is 0.494 e. The molecule has 0 spiro atoms. The lowest BCUT2D eigenvalue weighted by Crippen LogP contribution is -2.31. The van der Waals surface area contributed by atoms with Crippen LogP contribution in [0.15, 0.2) is 24.3 Å². The molecule has 7 nitrogen and oxygen atoms in total. The smallest absolute Gasteiger partial charge is 0.320 e. The number of nitrogens with zero attached hydrogens (tertiary/aromatic N) is 1. The molecule has 0 saturated heterocycles. The Morgan fingerprint density at radius 1 is 1.47 bits per heavy atom. The average molecular weight is 240 g/mol. The summed E-state index contributed by atoms with van der Waals surface area (Å²) in [6.45, 7) is 0.144. The second-order valence-corrected chi connectivity index (χ2v) is 3.33. The van der Waals surface area contributed by atoms with E-state index in [1.807, 2.05) is 0 Å². The predicted octanol–water partition coefficient (Wildman–Crippen LogP) is 0.776. The summed E-state index contributed by atoms with van der Waals surface area (Å²) in [5, 5.41) is 18.9. The average Bonchev–Trinajstić information content (AvgIpc) is 2.29. The number of aliphatic carboxylic acids is 1. The van der Waals surface area contributed by atoms with Crippen molar-refractivity contribution in [1.82, 2.24) is 0 Å². The normalized spacial score (nSPS) is 11.8. The summed E-state index contributed by atoms with van der Waals surface area (Å²) < 4.78 is 5.20. The number of carbonyl (C=O) groups is 1. The van der Waals surface area contributed by atoms with Gasteiger partial charge in [-0.25, -0.2) is 0 Å². The molecule has 1 atom stereocenters. The Labute approximate surface area is 97.0 Å². The fourth-order valence-electron chi connectivity index (χ4n) is 1.09. The Balaban J connectivity index is 2.42. The van der Waals surface area contributed by atoms with Gasteiger partial charge < -0.3 is 15.6 Å². The monoisotopic (exact) mass is 240 g/mol. The van der Waals surface area contributed by atoms with Gasteiger partial charge in [-0.05, 0) is 12.1 Å². The second-order valence-electron chi connectivity index (χ2n) is 3.33. The summed E-state index contributed by atoms with van der Waals surface area (Å²) in [5.41, 5.74) is 5.25. The third kappa shape index (κ3) is 4.07. The molecular formula is C10H12N2O5. The van der Waals surface area contributed by atoms with E-state index in [1.54, 1.807) is 0 Å². The predicted molar refractivity (Wildman–Crippen MR) is 58.8 cm³/mol. The molecule has 1 aromatic rings. The van der Waals surface area contributed by atoms with Crippen LogP contribution in [0.2, 0.25) is 0 Å². The Morgan fingerprint density at radius 2 is 2.06 bits per heavy atom. The first-order valence-corrected chi connectivity index (χ1v) is 4.86. The molecule has 0 aliphatic rings. The van der Waals surface area contributed by atoms with E-state index in [0.717, 1.165) is 0 Å². The maximum Gasteiger partial charge on any atom is 0.320 e. The molecule has 3 N–H and O–H groups in total. The highest BCUT2D eigenvalue weighted by Crippen LogP contribution is 2.17. The van der Waals surface area contributed by atoms with Crippen LogP contribution in [-0.4, -0.2) is 28.6 Å². The van der Waals surface area contributed by atoms with E-state index in [2.05, 4.69) is 0 Å². The molecular weight excluding hydrogens is 228 g/mol. The van der Waals surface area contributed by atoms with E-state index < -0.39 is 16.9 Å². The van der Waals surface area contributed by atoms with Crippen LogP contribution in [0.1, 0.15) is 6.42 Å². The van der Waals surface area contributed by atoms with Crippen molar-refractivity contribution < 1.29 is 19.6 Å². The van der Waals surface area contributed by atoms with Crippen LogP contribution in [0.3, 0.4) is 0 Å². The van der Waals surface area contributed by atoms with Gasteiger partial charge in [-0.2, -0.15) is 0 Å². The van der Waals surface area contributed by atoms with Crippen LogP contribution in [-0.2, 0) is 4.79 Å². The number of carboxylic acid groups (broad SMARTS) is 1. The molecule has 92 valence electrons. The molecule has 1 aromatic carbocycles. The number of nitro benzene ring substituents is 1. The number of nitrogens with two attached hydrogens (primary N) is 1. The maximum absolute atomic E-state index is 10.4. The molecule has 0 unspecified atom stereocenters. The number of benzene rings is 1. The quantitative estimate of drug-likeness (QED) is 0.560. The van der Waals surface area contributed by atoms with Crippen molar-refractivity contribution in [3.8, 4) is 5.75 Å². The minimum absolute atomic E-state index is 0.0282. The molecule has 0 aromatic heterocycles. The van der Waals surface area contributed by atoms with Crippen LogP contribution in [0, 0.1) is 10.1 Å². The first-order chi connectivity index (χ1) is 8.00. The van der Waals surface area contributed by atoms with Gasteiger partial charge in [-0.1, -0.05) is 0 Å². The highest BCUT2D eigenvalue weighted by Gasteiger charge is 2.11. The van der Waals surface area contributed by atoms with Gasteiger partial charge in [-0.15, -0.1) is 0 Å². The molecule has 0 aliphatic carbocycles. The lowest BCUT2D eigenvalue weighted by molar-refractivity contribution is -0.384. The molecule has 1 rings (SSSR count). The van der Waals surface area contributed by atoms with E-state index >= 15 is 0 Å². The standard InChI is InChI=1S/C10H12N2O5/c11-9(10(13)14)5-6-17-8-3-1-7(2-4-8)12(15)16/h1-4,9H,5-6,11H2,(H,13,14)/t9-/m0/s1. The lowest BCUT2D eigenvalue weighted by Gasteiger charge is -2.08. The highest BCUT2D eigenvalue weighted by atomic mass is 16.6. The number of carboxylic acids is 1. The van der Waals surface area contributed by atoms with Crippen LogP contribution in [0.5, 0.6) is 5.75 Å². The van der Waals surface area contributed by atoms with Crippen molar-refractivity contribution in [2.45, 2.75) is 12.5 Å². The van der Waals surface area contributed by atoms with E-state index in [9.17, 15) is 14.9 Å². The minimum atomic E-state index is -1.09. The van der Waals surface area contributed by atoms with Crippen molar-refractivity contribution in [3.05, 3.63) is 34.4 Å². The number of nitro groups is 1. The molecule has 0 radical (unpaired) electrons. The van der Waals surface area contributed by atoms with E-state index in [0.29, 0.717) is 5.75 Å². The number of rotatable bonds is 6. The Morgan fingerprint density at radius 3 is 2.53 bits per heavy atom. The molecule has 17 heavy (non-hydrogen) atoms. The van der Waals surface area contributed by atoms with Crippen LogP contribution >= 0.6 is 0 Å². The summed E-state index contributed by atoms with van der Waals surface area (Å²) >= 11 is 0. The van der Waals surface area contributed by atoms with Crippen molar-refractivity contribution in [2.24, 2.45) is 5.73 Å². The first-order valence-electron chi connectivity index (χ1n) is 4.86. The second kappa shape index (κ2) is 5.80. The zero-order valence-electron chi connectivity index (χ0n) is 8.91. The van der Waals surface area contributed by atoms with Crippen molar-refractivity contribution in [2.75, 3.05) is 6.61 Å². The molecule has 0 fully saturated rings. The van der Waals surface area contributed by atoms with Gasteiger partial charge in [-0.3, -0.25) is 14.9 Å². The zero-order chi connectivity index (χ0) is 12.8. The lowest BCUT2D eigenvalue weighted by atomic mass is 10.2. The molecule has 0 aliphatic heterocycles. The Kier molecular flexibility index (Phi) is 4.41. The van der Waals surface area contributed by atoms with Crippen LogP contribution < -0.4 is 10.5 Å². The SMILES string of the molecule is N[C@@H](CCOc1ccc([N+](=O)[O-])cc1)C(=O)O. The van der Waals surface area contributed by atoms with Crippen LogP contribution in [0.4, 0.5) is 5.69 Å². The van der Waals surface area contributed by atoms with Gasteiger partial charge >= 0.3 is 5.97 Å². The number of non-ortho nitro benzene ring substituents is 1. The van der Waals surface area contributed by atoms with Gasteiger partial charge in [0.2, 0.25) is 0 Å². The Bertz CT molecular complexity index is 404. The third-order valence-corrected chi connectivity index (χ3v) is 2.06. The third-order valence-electron chi connectivity index (χ3n) is 2.06. The highest BCUT2D eigenvalue weighted by molar-refractivity contribution is 5.72. The van der Waals surface area contributed by atoms with Crippen molar-refractivity contribution >= 4 is 11.7 Å². The molecule has 0 amide bonds. The molecule has 7 heteroatoms. The maximum atomic E-state index is 10.4. The van der Waals surface area contributed by atoms with Gasteiger partial charge in [0.1, 0.15) is 11.8 Å². The van der Waals surface area contributed by atoms with Gasteiger partial charge in [0, 0.05) is 18.6 Å². The summed E-state index contributed by atoms with van der Waals surface area (Å²) in [7, 11) is 0. The molecule has 0 saturated carbocycles. The summed E-state index contributed by atoms with van der Waals surface area (Å²) in [6.07, 6.45) is 0.173. The molecule has 0 heterocycles. The van der Waals surface area contributed by atoms with Crippen molar-refractivity contribution in [3.63, 3.8) is 0 Å². The topological polar surface area (TPSA) is 116 Å². The van der Waals surface area contributed by atoms with Crippen LogP contribution in [0.25, 0.3) is 0 Å². The van der Waals surface area contributed by atoms with E-state index in [4.69, 9.17) is 15.6 Å². The number of hydrogen-bond acceptors (Lipinski definition) is 5. The van der Waals surface area contributed by atoms with E-state index in [1.165, 1.54) is 24.3 Å². The first kappa shape index (κ1) is 12.9. The minimum Gasteiger partial charge on any atom is -0.494 e. The number of hydrogen-bond donors (Lipinski definition) is 2. The molecule has 0 bridgehead atoms. The van der Waals surface area contributed by atoms with Gasteiger partial charge in [0.25, 0.3) is 5.69 Å². The zero-order valence-corrected chi connectivity index (χ0v) is 8.91. The van der Waals surface area contributed by atoms with Gasteiger partial charge in [0.05, 0.1) is 11.5 Å². The summed E-state index contributed by atoms with van der Waals surface area (Å²) in [5.74, 6) is -0.648. The van der Waals surface area contributed by atoms with Crippen molar-refractivity contribution in [1.29, 1.82) is 0 Å². The summed E-state index contributed by atoms with van der Waals surface area (Å²) in [4.78, 5) is 20.3. The van der Waals surface area contributed by atoms with Gasteiger partial charge in [0.15, 0.2) is 0 Å². The summed E-state index contributed by atoms with van der Waals surface area (Å²) in [6, 6.07) is 4.56. The fourth-order valence-corrected chi connectivity index (χ4v) is 1.09. The number of ether oxygens (including phenoxy) is 1. The fraction of sp³-hybridized carbons (Fsp3) is 0.300. The van der Waals surface area contributed by atoms with E-state index in [-0.39, 0.29) is 18.7 Å².